The number of unbranched alkanes of at least 4 members (excludes halogenated alkanes) is 1. The number of rotatable bonds is 6. The number of halogens is 1. The van der Waals surface area contributed by atoms with Crippen molar-refractivity contribution in [1.29, 1.82) is 0 Å². The minimum absolute atomic E-state index is 0.0331. The molecule has 0 aromatic carbocycles. The van der Waals surface area contributed by atoms with Gasteiger partial charge in [0.05, 0.1) is 12.2 Å². The third-order valence-corrected chi connectivity index (χ3v) is 2.15. The van der Waals surface area contributed by atoms with Crippen LogP contribution in [0.3, 0.4) is 0 Å². The fraction of sp³-hybridized carbons (Fsp3) is 0.500. The molecule has 1 rings (SSSR count). The van der Waals surface area contributed by atoms with Crippen molar-refractivity contribution in [1.82, 2.24) is 15.5 Å². The first kappa shape index (κ1) is 11.9. The van der Waals surface area contributed by atoms with Crippen molar-refractivity contribution in [3.63, 3.8) is 0 Å². The highest BCUT2D eigenvalue weighted by Gasteiger charge is 2.01. The Morgan fingerprint density at radius 2 is 2.33 bits per heavy atom. The second kappa shape index (κ2) is 7.17. The predicted octanol–water partition coefficient (Wildman–Crippen LogP) is 1.50. The fourth-order valence-electron chi connectivity index (χ4n) is 1.09. The summed E-state index contributed by atoms with van der Waals surface area (Å²) in [7, 11) is 0. The Morgan fingerprint density at radius 1 is 1.47 bits per heavy atom. The molecule has 0 spiro atoms. The Bertz CT molecular complexity index is 292. The van der Waals surface area contributed by atoms with Crippen molar-refractivity contribution < 1.29 is 4.79 Å². The van der Waals surface area contributed by atoms with Gasteiger partial charge in [-0.25, -0.2) is 0 Å². The molecule has 0 unspecified atom stereocenters. The Hall–Kier alpha value is -1.16. The smallest absolute Gasteiger partial charge is 0.220 e. The summed E-state index contributed by atoms with van der Waals surface area (Å²) in [5.41, 5.74) is 0.767. The molecule has 1 heterocycles. The van der Waals surface area contributed by atoms with E-state index in [0.717, 1.165) is 18.5 Å². The molecule has 0 aliphatic carbocycles. The molecule has 0 radical (unpaired) electrons. The van der Waals surface area contributed by atoms with Crippen molar-refractivity contribution in [2.24, 2.45) is 0 Å². The van der Waals surface area contributed by atoms with Crippen LogP contribution < -0.4 is 5.32 Å². The van der Waals surface area contributed by atoms with E-state index >= 15 is 0 Å². The summed E-state index contributed by atoms with van der Waals surface area (Å²) in [5.74, 6) is 0.642. The van der Waals surface area contributed by atoms with Gasteiger partial charge in [0.2, 0.25) is 5.91 Å². The minimum Gasteiger partial charge on any atom is -0.350 e. The molecule has 0 atom stereocenters. The van der Waals surface area contributed by atoms with Gasteiger partial charge < -0.3 is 5.32 Å². The SMILES string of the molecule is O=C(CCCCCl)NCc1cccnn1. The first-order valence-electron chi connectivity index (χ1n) is 4.92. The van der Waals surface area contributed by atoms with Crippen LogP contribution in [-0.2, 0) is 11.3 Å². The zero-order valence-corrected chi connectivity index (χ0v) is 9.20. The monoisotopic (exact) mass is 227 g/mol. The molecule has 1 aromatic heterocycles. The highest BCUT2D eigenvalue weighted by atomic mass is 35.5. The number of amides is 1. The van der Waals surface area contributed by atoms with Crippen molar-refractivity contribution in [3.8, 4) is 0 Å². The lowest BCUT2D eigenvalue weighted by atomic mass is 10.2. The first-order valence-corrected chi connectivity index (χ1v) is 5.45. The van der Waals surface area contributed by atoms with Crippen LogP contribution in [0.15, 0.2) is 18.3 Å². The van der Waals surface area contributed by atoms with Crippen LogP contribution in [0.1, 0.15) is 25.0 Å². The molecule has 0 bridgehead atoms. The molecule has 15 heavy (non-hydrogen) atoms. The zero-order chi connectivity index (χ0) is 10.9. The van der Waals surface area contributed by atoms with Crippen LogP contribution >= 0.6 is 11.6 Å². The van der Waals surface area contributed by atoms with Gasteiger partial charge in [-0.15, -0.1) is 11.6 Å². The number of nitrogens with one attached hydrogen (secondary N) is 1. The first-order chi connectivity index (χ1) is 7.33. The Morgan fingerprint density at radius 3 is 3.00 bits per heavy atom. The average Bonchev–Trinajstić information content (AvgIpc) is 2.28. The van der Waals surface area contributed by atoms with Gasteiger partial charge in [0.1, 0.15) is 0 Å². The standard InChI is InChI=1S/C10H14ClN3O/c11-6-2-1-5-10(15)12-8-9-4-3-7-13-14-9/h3-4,7H,1-2,5-6,8H2,(H,12,15). The summed E-state index contributed by atoms with van der Waals surface area (Å²) in [6.45, 7) is 0.438. The molecule has 0 saturated heterocycles. The van der Waals surface area contributed by atoms with E-state index < -0.39 is 0 Å². The molecule has 0 saturated carbocycles. The van der Waals surface area contributed by atoms with E-state index in [2.05, 4.69) is 15.5 Å². The molecular weight excluding hydrogens is 214 g/mol. The highest BCUT2D eigenvalue weighted by Crippen LogP contribution is 1.97. The molecule has 5 heteroatoms. The van der Waals surface area contributed by atoms with E-state index in [1.54, 1.807) is 12.3 Å². The van der Waals surface area contributed by atoms with Crippen LogP contribution in [-0.4, -0.2) is 22.0 Å². The summed E-state index contributed by atoms with van der Waals surface area (Å²) < 4.78 is 0. The van der Waals surface area contributed by atoms with Crippen LogP contribution in [0.2, 0.25) is 0 Å². The van der Waals surface area contributed by atoms with Gasteiger partial charge in [-0.3, -0.25) is 4.79 Å². The molecular formula is C10H14ClN3O. The second-order valence-corrected chi connectivity index (χ2v) is 3.52. The topological polar surface area (TPSA) is 54.9 Å². The molecule has 0 aliphatic rings. The molecule has 1 N–H and O–H groups in total. The quantitative estimate of drug-likeness (QED) is 0.592. The maximum Gasteiger partial charge on any atom is 0.220 e. The normalized spacial score (nSPS) is 9.93. The van der Waals surface area contributed by atoms with Gasteiger partial charge in [0.15, 0.2) is 0 Å². The number of alkyl halides is 1. The van der Waals surface area contributed by atoms with Gasteiger partial charge in [-0.2, -0.15) is 10.2 Å². The summed E-state index contributed by atoms with van der Waals surface area (Å²) in [4.78, 5) is 11.3. The minimum atomic E-state index is 0.0331. The maximum absolute atomic E-state index is 11.3. The van der Waals surface area contributed by atoms with E-state index in [-0.39, 0.29) is 5.91 Å². The van der Waals surface area contributed by atoms with Crippen molar-refractivity contribution >= 4 is 17.5 Å². The van der Waals surface area contributed by atoms with Crippen LogP contribution in [0, 0.1) is 0 Å². The van der Waals surface area contributed by atoms with E-state index in [1.807, 2.05) is 6.07 Å². The van der Waals surface area contributed by atoms with E-state index in [4.69, 9.17) is 11.6 Å². The number of carbonyl (C=O) groups is 1. The van der Waals surface area contributed by atoms with E-state index in [0.29, 0.717) is 18.8 Å². The summed E-state index contributed by atoms with van der Waals surface area (Å²) in [6, 6.07) is 3.62. The lowest BCUT2D eigenvalue weighted by Crippen LogP contribution is -2.23. The molecule has 1 aromatic rings. The van der Waals surface area contributed by atoms with Gasteiger partial charge in [0, 0.05) is 18.5 Å². The van der Waals surface area contributed by atoms with Crippen LogP contribution in [0.5, 0.6) is 0 Å². The number of carbonyl (C=O) groups excluding carboxylic acids is 1. The summed E-state index contributed by atoms with van der Waals surface area (Å²) in [6.07, 6.45) is 3.83. The number of hydrogen-bond acceptors (Lipinski definition) is 3. The molecule has 4 nitrogen and oxygen atoms in total. The van der Waals surface area contributed by atoms with Crippen molar-refractivity contribution in [3.05, 3.63) is 24.0 Å². The van der Waals surface area contributed by atoms with Crippen molar-refractivity contribution in [2.75, 3.05) is 5.88 Å². The predicted molar refractivity (Wildman–Crippen MR) is 58.4 cm³/mol. The molecule has 82 valence electrons. The Kier molecular flexibility index (Phi) is 5.70. The van der Waals surface area contributed by atoms with Gasteiger partial charge in [0.25, 0.3) is 0 Å². The Balaban J connectivity index is 2.17. The number of hydrogen-bond donors (Lipinski definition) is 1. The summed E-state index contributed by atoms with van der Waals surface area (Å²) >= 11 is 5.51. The zero-order valence-electron chi connectivity index (χ0n) is 8.45. The highest BCUT2D eigenvalue weighted by molar-refractivity contribution is 6.17. The third-order valence-electron chi connectivity index (χ3n) is 1.88. The van der Waals surface area contributed by atoms with E-state index in [1.165, 1.54) is 0 Å². The third kappa shape index (κ3) is 5.32. The number of aromatic nitrogens is 2. The van der Waals surface area contributed by atoms with Gasteiger partial charge >= 0.3 is 0 Å². The molecule has 0 aliphatic heterocycles. The van der Waals surface area contributed by atoms with Crippen LogP contribution in [0.4, 0.5) is 0 Å². The van der Waals surface area contributed by atoms with Crippen LogP contribution in [0.25, 0.3) is 0 Å². The molecule has 1 amide bonds. The average molecular weight is 228 g/mol. The number of nitrogens with zero attached hydrogens (tertiary/aromatic N) is 2. The lowest BCUT2D eigenvalue weighted by Gasteiger charge is -2.03. The lowest BCUT2D eigenvalue weighted by molar-refractivity contribution is -0.121. The summed E-state index contributed by atoms with van der Waals surface area (Å²) in [5, 5.41) is 10.4. The van der Waals surface area contributed by atoms with Crippen molar-refractivity contribution in [2.45, 2.75) is 25.8 Å². The van der Waals surface area contributed by atoms with E-state index in [9.17, 15) is 4.79 Å². The largest absolute Gasteiger partial charge is 0.350 e. The van der Waals surface area contributed by atoms with Gasteiger partial charge in [-0.05, 0) is 25.0 Å². The van der Waals surface area contributed by atoms with Gasteiger partial charge in [-0.1, -0.05) is 0 Å². The fourth-order valence-corrected chi connectivity index (χ4v) is 1.27. The maximum atomic E-state index is 11.3. The molecule has 0 fully saturated rings. The Labute approximate surface area is 94.0 Å². The second-order valence-electron chi connectivity index (χ2n) is 3.14.